The van der Waals surface area contributed by atoms with Crippen molar-refractivity contribution in [2.45, 2.75) is 26.8 Å². The highest BCUT2D eigenvalue weighted by atomic mass is 35.5. The zero-order valence-corrected chi connectivity index (χ0v) is 21.8. The normalized spacial score (nSPS) is 16.9. The Balaban J connectivity index is 1.98. The van der Waals surface area contributed by atoms with Gasteiger partial charge >= 0.3 is 0 Å². The van der Waals surface area contributed by atoms with Crippen LogP contribution in [0.2, 0.25) is 10.0 Å². The number of benzene rings is 3. The number of ether oxygens (including phenoxy) is 2. The minimum absolute atomic E-state index is 0.0655. The molecule has 1 heterocycles. The van der Waals surface area contributed by atoms with E-state index in [2.05, 4.69) is 0 Å². The second kappa shape index (κ2) is 10.2. The van der Waals surface area contributed by atoms with Crippen LogP contribution in [0.4, 0.5) is 5.69 Å². The van der Waals surface area contributed by atoms with Crippen molar-refractivity contribution in [3.8, 4) is 11.5 Å². The summed E-state index contributed by atoms with van der Waals surface area (Å²) in [7, 11) is 1.53. The Bertz CT molecular complexity index is 1400. The number of ketones is 1. The van der Waals surface area contributed by atoms with Gasteiger partial charge in [-0.3, -0.25) is 14.5 Å². The topological polar surface area (TPSA) is 76.1 Å². The van der Waals surface area contributed by atoms with Gasteiger partial charge in [-0.2, -0.15) is 0 Å². The summed E-state index contributed by atoms with van der Waals surface area (Å²) in [4.78, 5) is 28.2. The van der Waals surface area contributed by atoms with E-state index in [-0.39, 0.29) is 21.9 Å². The van der Waals surface area contributed by atoms with Crippen molar-refractivity contribution >= 4 is 46.3 Å². The number of methoxy groups -OCH3 is 1. The van der Waals surface area contributed by atoms with Gasteiger partial charge in [0.05, 0.1) is 35.4 Å². The third-order valence-electron chi connectivity index (χ3n) is 6.21. The predicted molar refractivity (Wildman–Crippen MR) is 141 cm³/mol. The zero-order valence-electron chi connectivity index (χ0n) is 20.3. The second-order valence-corrected chi connectivity index (χ2v) is 9.22. The van der Waals surface area contributed by atoms with Crippen LogP contribution >= 0.6 is 23.2 Å². The first-order valence-corrected chi connectivity index (χ1v) is 12.1. The first-order chi connectivity index (χ1) is 17.2. The van der Waals surface area contributed by atoms with Crippen LogP contribution in [-0.2, 0) is 9.59 Å². The van der Waals surface area contributed by atoms with E-state index >= 15 is 0 Å². The number of anilines is 1. The molecule has 4 rings (SSSR count). The summed E-state index contributed by atoms with van der Waals surface area (Å²) in [6.45, 7) is 6.13. The van der Waals surface area contributed by atoms with Crippen molar-refractivity contribution in [3.63, 3.8) is 0 Å². The van der Waals surface area contributed by atoms with Gasteiger partial charge in [0.1, 0.15) is 5.76 Å². The molecule has 6 nitrogen and oxygen atoms in total. The van der Waals surface area contributed by atoms with Crippen molar-refractivity contribution in [1.82, 2.24) is 0 Å². The maximum Gasteiger partial charge on any atom is 0.300 e. The third kappa shape index (κ3) is 4.54. The summed E-state index contributed by atoms with van der Waals surface area (Å²) < 4.78 is 11.1. The summed E-state index contributed by atoms with van der Waals surface area (Å²) in [5.41, 5.74) is 3.31. The summed E-state index contributed by atoms with van der Waals surface area (Å²) in [5, 5.41) is 11.8. The number of carbonyl (C=O) groups excluding carboxylic acids is 2. The van der Waals surface area contributed by atoms with E-state index in [0.717, 1.165) is 11.1 Å². The molecular formula is C28H25Cl2NO5. The molecule has 1 atom stereocenters. The molecule has 36 heavy (non-hydrogen) atoms. The molecule has 1 amide bonds. The average molecular weight is 526 g/mol. The van der Waals surface area contributed by atoms with Gasteiger partial charge in [-0.05, 0) is 79.9 Å². The number of rotatable bonds is 6. The first-order valence-electron chi connectivity index (χ1n) is 11.3. The van der Waals surface area contributed by atoms with Crippen LogP contribution in [0, 0.1) is 13.8 Å². The number of aliphatic hydroxyl groups excluding tert-OH is 1. The lowest BCUT2D eigenvalue weighted by Crippen LogP contribution is -2.29. The van der Waals surface area contributed by atoms with Crippen LogP contribution in [0.1, 0.15) is 35.2 Å². The van der Waals surface area contributed by atoms with Gasteiger partial charge in [-0.25, -0.2) is 0 Å². The molecule has 0 aliphatic carbocycles. The molecule has 1 unspecified atom stereocenters. The van der Waals surface area contributed by atoms with Crippen LogP contribution in [0.5, 0.6) is 11.5 Å². The molecule has 8 heteroatoms. The summed E-state index contributed by atoms with van der Waals surface area (Å²) in [6.07, 6.45) is 0. The molecule has 1 fully saturated rings. The molecule has 0 aromatic heterocycles. The lowest BCUT2D eigenvalue weighted by atomic mass is 9.94. The quantitative estimate of drug-likeness (QED) is 0.221. The van der Waals surface area contributed by atoms with Gasteiger partial charge in [0.15, 0.2) is 11.5 Å². The SMILES string of the molecule is CCOc1cc(C2/C(=C(\O)c3ccc(Cl)c(Cl)c3)C(=O)C(=O)N2c2ccc(C)c(C)c2)ccc1OC. The maximum atomic E-state index is 13.4. The molecular weight excluding hydrogens is 501 g/mol. The molecule has 1 saturated heterocycles. The minimum atomic E-state index is -0.924. The fourth-order valence-electron chi connectivity index (χ4n) is 4.22. The van der Waals surface area contributed by atoms with Gasteiger partial charge in [0, 0.05) is 11.3 Å². The van der Waals surface area contributed by atoms with Crippen LogP contribution in [0.15, 0.2) is 60.2 Å². The number of hydrogen-bond donors (Lipinski definition) is 1. The number of Topliss-reactive ketones (excluding diaryl/α,β-unsaturated/α-hetero) is 1. The van der Waals surface area contributed by atoms with Crippen molar-refractivity contribution in [3.05, 3.63) is 92.5 Å². The van der Waals surface area contributed by atoms with E-state index in [1.54, 1.807) is 30.3 Å². The number of hydrogen-bond acceptors (Lipinski definition) is 5. The smallest absolute Gasteiger partial charge is 0.300 e. The molecule has 1 N–H and O–H groups in total. The van der Waals surface area contributed by atoms with Crippen LogP contribution in [0.3, 0.4) is 0 Å². The van der Waals surface area contributed by atoms with Gasteiger partial charge in [-0.15, -0.1) is 0 Å². The van der Waals surface area contributed by atoms with Crippen molar-refractivity contribution in [1.29, 1.82) is 0 Å². The minimum Gasteiger partial charge on any atom is -0.507 e. The van der Waals surface area contributed by atoms with Crippen molar-refractivity contribution < 1.29 is 24.2 Å². The van der Waals surface area contributed by atoms with Gasteiger partial charge in [-0.1, -0.05) is 35.3 Å². The van der Waals surface area contributed by atoms with Crippen LogP contribution < -0.4 is 14.4 Å². The lowest BCUT2D eigenvalue weighted by molar-refractivity contribution is -0.132. The summed E-state index contributed by atoms with van der Waals surface area (Å²) in [6, 6.07) is 14.3. The molecule has 3 aromatic carbocycles. The van der Waals surface area contributed by atoms with Crippen molar-refractivity contribution in [2.24, 2.45) is 0 Å². The summed E-state index contributed by atoms with van der Waals surface area (Å²) >= 11 is 12.2. The lowest BCUT2D eigenvalue weighted by Gasteiger charge is -2.26. The number of amides is 1. The van der Waals surface area contributed by atoms with E-state index in [1.165, 1.54) is 24.1 Å². The van der Waals surface area contributed by atoms with Crippen molar-refractivity contribution in [2.75, 3.05) is 18.6 Å². The molecule has 1 aliphatic heterocycles. The first kappa shape index (κ1) is 25.6. The second-order valence-electron chi connectivity index (χ2n) is 8.41. The fourth-order valence-corrected chi connectivity index (χ4v) is 4.52. The average Bonchev–Trinajstić information content (AvgIpc) is 3.12. The number of halogens is 2. The summed E-state index contributed by atoms with van der Waals surface area (Å²) in [5.74, 6) is -0.947. The maximum absolute atomic E-state index is 13.4. The highest BCUT2D eigenvalue weighted by Gasteiger charge is 2.47. The molecule has 0 radical (unpaired) electrons. The Morgan fingerprint density at radius 2 is 1.69 bits per heavy atom. The Hall–Kier alpha value is -3.48. The van der Waals surface area contributed by atoms with E-state index in [9.17, 15) is 14.7 Å². The molecule has 0 spiro atoms. The Kier molecular flexibility index (Phi) is 7.29. The molecule has 0 bridgehead atoms. The Labute approximate surface area is 219 Å². The van der Waals surface area contributed by atoms with Crippen LogP contribution in [-0.4, -0.2) is 30.5 Å². The number of carbonyl (C=O) groups is 2. The molecule has 0 saturated carbocycles. The van der Waals surface area contributed by atoms with Gasteiger partial charge in [0.25, 0.3) is 11.7 Å². The Morgan fingerprint density at radius 3 is 2.33 bits per heavy atom. The zero-order chi connectivity index (χ0) is 26.1. The van der Waals surface area contributed by atoms with E-state index < -0.39 is 17.7 Å². The molecule has 1 aliphatic rings. The number of aryl methyl sites for hydroxylation is 2. The van der Waals surface area contributed by atoms with E-state index in [0.29, 0.717) is 34.4 Å². The van der Waals surface area contributed by atoms with E-state index in [1.807, 2.05) is 32.9 Å². The third-order valence-corrected chi connectivity index (χ3v) is 6.95. The Morgan fingerprint density at radius 1 is 0.944 bits per heavy atom. The van der Waals surface area contributed by atoms with Gasteiger partial charge in [0.2, 0.25) is 0 Å². The predicted octanol–water partition coefficient (Wildman–Crippen LogP) is 6.64. The monoisotopic (exact) mass is 525 g/mol. The number of nitrogens with zero attached hydrogens (tertiary/aromatic N) is 1. The standard InChI is InChI=1S/C28H25Cl2NO5/c1-5-36-23-14-17(8-11-22(23)35-4)25-24(26(32)18-7-10-20(29)21(30)13-18)27(33)28(34)31(25)19-9-6-15(2)16(3)12-19/h6-14,25,32H,5H2,1-4H3/b26-24+. The van der Waals surface area contributed by atoms with Gasteiger partial charge < -0.3 is 14.6 Å². The highest BCUT2D eigenvalue weighted by Crippen LogP contribution is 2.44. The fraction of sp³-hybridized carbons (Fsp3) is 0.214. The largest absolute Gasteiger partial charge is 0.507 e. The number of aliphatic hydroxyl groups is 1. The van der Waals surface area contributed by atoms with Crippen LogP contribution in [0.25, 0.3) is 5.76 Å². The highest BCUT2D eigenvalue weighted by molar-refractivity contribution is 6.51. The molecule has 3 aromatic rings. The van der Waals surface area contributed by atoms with E-state index in [4.69, 9.17) is 32.7 Å². The molecule has 186 valence electrons.